The topological polar surface area (TPSA) is 42.0 Å². The van der Waals surface area contributed by atoms with Crippen molar-refractivity contribution in [2.45, 2.75) is 4.90 Å². The van der Waals surface area contributed by atoms with Crippen LogP contribution < -0.4 is 5.32 Å². The molecule has 2 aromatic carbocycles. The summed E-state index contributed by atoms with van der Waals surface area (Å²) >= 11 is 8.82. The van der Waals surface area contributed by atoms with Crippen LogP contribution in [-0.4, -0.2) is 17.1 Å². The molecule has 0 fully saturated rings. The number of hydrogen-bond acceptors (Lipinski definition) is 4. The molecule has 0 aliphatic rings. The van der Waals surface area contributed by atoms with Crippen molar-refractivity contribution < 1.29 is 9.18 Å². The number of para-hydroxylation sites is 1. The number of benzene rings is 2. The van der Waals surface area contributed by atoms with E-state index in [4.69, 9.17) is 11.6 Å². The van der Waals surface area contributed by atoms with Crippen LogP contribution in [0.1, 0.15) is 10.4 Å². The Hall–Kier alpha value is -1.63. The summed E-state index contributed by atoms with van der Waals surface area (Å²) in [6, 6.07) is 9.96. The first-order valence-electron chi connectivity index (χ1n) is 6.29. The number of halogens is 2. The summed E-state index contributed by atoms with van der Waals surface area (Å²) in [5, 5.41) is 3.11. The summed E-state index contributed by atoms with van der Waals surface area (Å²) in [5.74, 6) is -1.26. The predicted octanol–water partition coefficient (Wildman–Crippen LogP) is 5.06. The summed E-state index contributed by atoms with van der Waals surface area (Å²) in [6.45, 7) is 0. The van der Waals surface area contributed by atoms with E-state index < -0.39 is 11.7 Å². The van der Waals surface area contributed by atoms with E-state index in [2.05, 4.69) is 10.3 Å². The summed E-state index contributed by atoms with van der Waals surface area (Å²) in [4.78, 5) is 17.6. The van der Waals surface area contributed by atoms with Crippen LogP contribution in [-0.2, 0) is 0 Å². The Labute approximate surface area is 139 Å². The third-order valence-electron chi connectivity index (χ3n) is 3.01. The molecule has 0 radical (unpaired) electrons. The van der Waals surface area contributed by atoms with Crippen LogP contribution in [0.3, 0.4) is 0 Å². The zero-order chi connectivity index (χ0) is 15.7. The SMILES string of the molecule is CSc1cccc2sc(NC(=O)c3c(F)cccc3Cl)nc12. The third-order valence-corrected chi connectivity index (χ3v) is 5.03. The van der Waals surface area contributed by atoms with E-state index in [1.54, 1.807) is 11.8 Å². The van der Waals surface area contributed by atoms with Gasteiger partial charge in [-0.25, -0.2) is 9.37 Å². The van der Waals surface area contributed by atoms with E-state index in [0.29, 0.717) is 5.13 Å². The van der Waals surface area contributed by atoms with Gasteiger partial charge in [0.2, 0.25) is 0 Å². The molecule has 0 saturated carbocycles. The number of carbonyl (C=O) groups is 1. The van der Waals surface area contributed by atoms with Gasteiger partial charge in [-0.15, -0.1) is 11.8 Å². The minimum atomic E-state index is -0.657. The predicted molar refractivity (Wildman–Crippen MR) is 90.8 cm³/mol. The van der Waals surface area contributed by atoms with Gasteiger partial charge in [0, 0.05) is 4.90 Å². The average molecular weight is 353 g/mol. The van der Waals surface area contributed by atoms with Crippen LogP contribution >= 0.6 is 34.7 Å². The van der Waals surface area contributed by atoms with Crippen LogP contribution in [0.2, 0.25) is 5.02 Å². The fourth-order valence-electron chi connectivity index (χ4n) is 2.02. The Morgan fingerprint density at radius 2 is 2.09 bits per heavy atom. The minimum absolute atomic E-state index is 0.0726. The second kappa shape index (κ2) is 6.24. The van der Waals surface area contributed by atoms with Crippen molar-refractivity contribution in [1.29, 1.82) is 0 Å². The van der Waals surface area contributed by atoms with Crippen molar-refractivity contribution in [3.05, 3.63) is 52.8 Å². The molecule has 0 aliphatic carbocycles. The summed E-state index contributed by atoms with van der Waals surface area (Å²) in [6.07, 6.45) is 1.96. The number of carbonyl (C=O) groups excluding carboxylic acids is 1. The Morgan fingerprint density at radius 3 is 2.82 bits per heavy atom. The van der Waals surface area contributed by atoms with Gasteiger partial charge in [0.1, 0.15) is 5.82 Å². The molecule has 0 atom stereocenters. The van der Waals surface area contributed by atoms with E-state index in [9.17, 15) is 9.18 Å². The van der Waals surface area contributed by atoms with Crippen molar-refractivity contribution in [2.24, 2.45) is 0 Å². The average Bonchev–Trinajstić information content (AvgIpc) is 2.89. The molecule has 0 saturated heterocycles. The van der Waals surface area contributed by atoms with Crippen molar-refractivity contribution >= 4 is 56.0 Å². The van der Waals surface area contributed by atoms with Gasteiger partial charge < -0.3 is 0 Å². The number of aromatic nitrogens is 1. The smallest absolute Gasteiger partial charge is 0.261 e. The van der Waals surface area contributed by atoms with Crippen molar-refractivity contribution in [2.75, 3.05) is 11.6 Å². The highest BCUT2D eigenvalue weighted by Gasteiger charge is 2.17. The van der Waals surface area contributed by atoms with Gasteiger partial charge in [-0.05, 0) is 30.5 Å². The number of nitrogens with zero attached hydrogens (tertiary/aromatic N) is 1. The van der Waals surface area contributed by atoms with E-state index in [1.807, 2.05) is 24.5 Å². The lowest BCUT2D eigenvalue weighted by atomic mass is 10.2. The van der Waals surface area contributed by atoms with Crippen LogP contribution in [0.5, 0.6) is 0 Å². The molecule has 1 heterocycles. The maximum absolute atomic E-state index is 13.8. The molecule has 112 valence electrons. The number of thioether (sulfide) groups is 1. The molecule has 1 amide bonds. The van der Waals surface area contributed by atoms with E-state index in [-0.39, 0.29) is 10.6 Å². The molecule has 3 aromatic rings. The van der Waals surface area contributed by atoms with Gasteiger partial charge in [0.15, 0.2) is 5.13 Å². The molecule has 0 bridgehead atoms. The van der Waals surface area contributed by atoms with Gasteiger partial charge >= 0.3 is 0 Å². The van der Waals surface area contributed by atoms with Crippen molar-refractivity contribution in [1.82, 2.24) is 4.98 Å². The zero-order valence-electron chi connectivity index (χ0n) is 11.4. The first-order chi connectivity index (χ1) is 10.6. The lowest BCUT2D eigenvalue weighted by Crippen LogP contribution is -2.14. The van der Waals surface area contributed by atoms with Crippen molar-refractivity contribution in [3.63, 3.8) is 0 Å². The Kier molecular flexibility index (Phi) is 4.33. The first-order valence-corrected chi connectivity index (χ1v) is 8.71. The van der Waals surface area contributed by atoms with E-state index in [1.165, 1.54) is 29.5 Å². The zero-order valence-corrected chi connectivity index (χ0v) is 13.8. The molecule has 0 aliphatic heterocycles. The molecular formula is C15H10ClFN2OS2. The normalized spacial score (nSPS) is 10.9. The quantitative estimate of drug-likeness (QED) is 0.670. The fraction of sp³-hybridized carbons (Fsp3) is 0.0667. The van der Waals surface area contributed by atoms with E-state index in [0.717, 1.165) is 15.1 Å². The third kappa shape index (κ3) is 2.82. The highest BCUT2D eigenvalue weighted by atomic mass is 35.5. The fourth-order valence-corrected chi connectivity index (χ4v) is 3.78. The Balaban J connectivity index is 1.95. The largest absolute Gasteiger partial charge is 0.298 e. The lowest BCUT2D eigenvalue weighted by Gasteiger charge is -2.04. The number of anilines is 1. The molecular weight excluding hydrogens is 343 g/mol. The molecule has 0 unspecified atom stereocenters. The standard InChI is InChI=1S/C15H10ClFN2OS2/c1-21-10-6-3-7-11-13(10)18-15(22-11)19-14(20)12-8(16)4-2-5-9(12)17/h2-7H,1H3,(H,18,19,20). The van der Waals surface area contributed by atoms with Gasteiger partial charge in [-0.3, -0.25) is 10.1 Å². The van der Waals surface area contributed by atoms with Gasteiger partial charge in [-0.1, -0.05) is 35.1 Å². The number of thiazole rings is 1. The maximum Gasteiger partial charge on any atom is 0.261 e. The lowest BCUT2D eigenvalue weighted by molar-refractivity contribution is 0.102. The molecule has 0 spiro atoms. The highest BCUT2D eigenvalue weighted by molar-refractivity contribution is 7.98. The van der Waals surface area contributed by atoms with Gasteiger partial charge in [-0.2, -0.15) is 0 Å². The Morgan fingerprint density at radius 1 is 1.32 bits per heavy atom. The van der Waals surface area contributed by atoms with Crippen molar-refractivity contribution in [3.8, 4) is 0 Å². The maximum atomic E-state index is 13.8. The monoisotopic (exact) mass is 352 g/mol. The number of fused-ring (bicyclic) bond motifs is 1. The summed E-state index contributed by atoms with van der Waals surface area (Å²) in [5.41, 5.74) is 0.656. The van der Waals surface area contributed by atoms with E-state index >= 15 is 0 Å². The molecule has 3 rings (SSSR count). The Bertz CT molecular complexity index is 846. The molecule has 1 aromatic heterocycles. The summed E-state index contributed by atoms with van der Waals surface area (Å²) < 4.78 is 14.7. The first kappa shape index (κ1) is 15.3. The molecule has 22 heavy (non-hydrogen) atoms. The second-order valence-corrected chi connectivity index (χ2v) is 6.66. The number of nitrogens with one attached hydrogen (secondary N) is 1. The molecule has 7 heteroatoms. The molecule has 1 N–H and O–H groups in total. The van der Waals surface area contributed by atoms with Crippen LogP contribution in [0.4, 0.5) is 9.52 Å². The van der Waals surface area contributed by atoms with Crippen LogP contribution in [0.15, 0.2) is 41.3 Å². The van der Waals surface area contributed by atoms with Gasteiger partial charge in [0.05, 0.1) is 20.8 Å². The summed E-state index contributed by atoms with van der Waals surface area (Å²) in [7, 11) is 0. The number of rotatable bonds is 3. The molecule has 3 nitrogen and oxygen atoms in total. The highest BCUT2D eigenvalue weighted by Crippen LogP contribution is 2.32. The number of amides is 1. The van der Waals surface area contributed by atoms with Gasteiger partial charge in [0.25, 0.3) is 5.91 Å². The van der Waals surface area contributed by atoms with Crippen LogP contribution in [0.25, 0.3) is 10.2 Å². The second-order valence-electron chi connectivity index (χ2n) is 4.38. The van der Waals surface area contributed by atoms with Crippen LogP contribution in [0, 0.1) is 5.82 Å². The minimum Gasteiger partial charge on any atom is -0.298 e. The number of hydrogen-bond donors (Lipinski definition) is 1.